The Morgan fingerprint density at radius 2 is 0.410 bits per heavy atom. The van der Waals surface area contributed by atoms with Gasteiger partial charge in [-0.3, -0.25) is 4.79 Å². The molecule has 21 nitrogen and oxygen atoms in total. The van der Waals surface area contributed by atoms with Gasteiger partial charge in [-0.1, -0.05) is 266 Å². The van der Waals surface area contributed by atoms with E-state index < -0.39 is 20.2 Å². The predicted octanol–water partition coefficient (Wildman–Crippen LogP) is 12.2. The molecular formula is C119H149Cl2N13O8S2. The summed E-state index contributed by atoms with van der Waals surface area (Å²) >= 11 is 0. The Morgan fingerprint density at radius 1 is 0.250 bits per heavy atom. The van der Waals surface area contributed by atoms with Gasteiger partial charge in [0.2, 0.25) is 5.91 Å². The van der Waals surface area contributed by atoms with Crippen molar-refractivity contribution in [2.75, 3.05) is 112 Å². The third-order valence-corrected chi connectivity index (χ3v) is 24.3. The summed E-state index contributed by atoms with van der Waals surface area (Å²) in [7, 11) is -7.83. The second-order valence-electron chi connectivity index (χ2n) is 35.9. The molecule has 1 unspecified atom stereocenters. The Balaban J connectivity index is 0.000000255. The fourth-order valence-corrected chi connectivity index (χ4v) is 17.0. The normalized spacial score (nSPS) is 11.0. The highest BCUT2D eigenvalue weighted by Crippen LogP contribution is 2.22. The summed E-state index contributed by atoms with van der Waals surface area (Å²) < 4.78 is 54.5. The van der Waals surface area contributed by atoms with Crippen molar-refractivity contribution >= 4 is 83.4 Å². The molecule has 14 aromatic rings. The summed E-state index contributed by atoms with van der Waals surface area (Å²) in [5, 5.41) is 8.76. The highest BCUT2D eigenvalue weighted by Gasteiger charge is 2.20. The molecule has 0 spiro atoms. The molecule has 14 aromatic carbocycles. The molecule has 144 heavy (non-hydrogen) atoms. The minimum absolute atomic E-state index is 0. The zero-order valence-electron chi connectivity index (χ0n) is 85.8. The van der Waals surface area contributed by atoms with Gasteiger partial charge in [0.25, 0.3) is 0 Å². The Labute approximate surface area is 870 Å². The zero-order chi connectivity index (χ0) is 102. The van der Waals surface area contributed by atoms with Crippen LogP contribution in [-0.4, -0.2) is 103 Å². The second-order valence-corrected chi connectivity index (χ2v) is 38.7. The van der Waals surface area contributed by atoms with Gasteiger partial charge in [-0.15, -0.1) is 0 Å². The van der Waals surface area contributed by atoms with E-state index in [0.717, 1.165) is 176 Å². The lowest BCUT2D eigenvalue weighted by Crippen LogP contribution is -3.08. The van der Waals surface area contributed by atoms with Crippen molar-refractivity contribution in [3.05, 3.63) is 447 Å². The quantitative estimate of drug-likeness (QED) is 0.0127. The van der Waals surface area contributed by atoms with Crippen molar-refractivity contribution in [2.45, 2.75) is 154 Å². The molecule has 0 aliphatic carbocycles. The molecule has 1 atom stereocenters. The van der Waals surface area contributed by atoms with E-state index in [4.69, 9.17) is 37.4 Å². The van der Waals surface area contributed by atoms with Crippen molar-refractivity contribution in [3.63, 3.8) is 0 Å². The van der Waals surface area contributed by atoms with Crippen molar-refractivity contribution in [1.29, 1.82) is 0 Å². The maximum absolute atomic E-state index is 12.6. The van der Waals surface area contributed by atoms with E-state index in [1.165, 1.54) is 99.3 Å². The maximum atomic E-state index is 12.6. The third-order valence-electron chi connectivity index (χ3n) is 24.3. The van der Waals surface area contributed by atoms with Crippen molar-refractivity contribution < 1.29 is 79.9 Å². The number of urea groups is 1. The van der Waals surface area contributed by atoms with Gasteiger partial charge in [-0.2, -0.15) is 0 Å². The molecule has 0 fully saturated rings. The number of hydrogen-bond donors (Lipinski definition) is 9. The first-order valence-electron chi connectivity index (χ1n) is 49.4. The molecule has 25 heteroatoms. The monoisotopic (exact) mass is 2020 g/mol. The number of anilines is 9. The van der Waals surface area contributed by atoms with Gasteiger partial charge in [0.15, 0.2) is 0 Å². The van der Waals surface area contributed by atoms with Crippen LogP contribution in [0.4, 0.5) is 56.0 Å². The van der Waals surface area contributed by atoms with E-state index in [0.29, 0.717) is 18.9 Å². The molecule has 3 amide bonds. The van der Waals surface area contributed by atoms with Gasteiger partial charge < -0.3 is 101 Å². The van der Waals surface area contributed by atoms with Crippen LogP contribution in [0, 0.1) is 13.8 Å². The summed E-state index contributed by atoms with van der Waals surface area (Å²) in [4.78, 5) is 40.6. The molecule has 0 aliphatic heterocycles. The van der Waals surface area contributed by atoms with Gasteiger partial charge >= 0.3 is 6.03 Å². The van der Waals surface area contributed by atoms with Gasteiger partial charge in [0, 0.05) is 183 Å². The highest BCUT2D eigenvalue weighted by atomic mass is 35.5. The van der Waals surface area contributed by atoms with Crippen molar-refractivity contribution in [3.8, 4) is 0 Å². The van der Waals surface area contributed by atoms with Crippen LogP contribution in [0.25, 0.3) is 0 Å². The molecule has 0 saturated carbocycles. The predicted molar refractivity (Wildman–Crippen MR) is 587 cm³/mol. The summed E-state index contributed by atoms with van der Waals surface area (Å²) in [6, 6.07) is 128. The lowest BCUT2D eigenvalue weighted by Gasteiger charge is -2.23. The molecule has 0 aliphatic rings. The molecule has 0 radical (unpaired) electrons. The summed E-state index contributed by atoms with van der Waals surface area (Å²) in [5.41, 5.74) is 40.0. The average molecular weight is 2020 g/mol. The molecule has 0 bridgehead atoms. The number of quaternary nitrogens is 4. The lowest BCUT2D eigenvalue weighted by molar-refractivity contribution is -0.941. The zero-order valence-corrected chi connectivity index (χ0v) is 88.9. The fourth-order valence-electron chi connectivity index (χ4n) is 17.0. The number of benzene rings is 14. The van der Waals surface area contributed by atoms with E-state index in [1.54, 1.807) is 9.80 Å². The average Bonchev–Trinajstić information content (AvgIpc) is 0.846. The third kappa shape index (κ3) is 45.6. The first kappa shape index (κ1) is 118. The molecule has 764 valence electrons. The maximum Gasteiger partial charge on any atom is 0.323 e. The Bertz CT molecular complexity index is 5700. The van der Waals surface area contributed by atoms with Crippen molar-refractivity contribution in [2.24, 2.45) is 0 Å². The Kier molecular flexibility index (Phi) is 51.6. The summed E-state index contributed by atoms with van der Waals surface area (Å²) in [5.74, 6) is -0.0245. The van der Waals surface area contributed by atoms with Crippen LogP contribution in [0.1, 0.15) is 139 Å². The SMILES string of the molecule is CCN(CC)c1ccc(C[NH+](Cc2ccccc2)Cc2ccc(N(CC)CC)cc2)cc1.CCN(CC)c1ccc(C[NH+](Cc2ccccc2)Cc2ccc(N(CC)CC)cc2)cc1.CS(=O)(=O)[O-].CS(=O)(=O)[O-].Cc1ccc(NC(=O)Cc2ccc(C[NH+](Cc3ccccc3)Cc3ccc(NC(=O)Nc4ccc(C)cc4)cc3)cc2)cc1.Nc1ccc(C[NH+](Cc2ccccc2)Cc2ccc(N)cc2)cc1.[Cl-].[Cl-]. The number of carbonyl (C=O) groups excluding carboxylic acids is 2. The minimum atomic E-state index is -3.92. The minimum Gasteiger partial charge on any atom is -1.00 e. The highest BCUT2D eigenvalue weighted by molar-refractivity contribution is 7.85. The van der Waals surface area contributed by atoms with E-state index in [-0.39, 0.29) is 36.8 Å². The fraction of sp³-hybridized carbons (Fsp3) is 0.277. The van der Waals surface area contributed by atoms with Gasteiger partial charge in [0.1, 0.15) is 78.5 Å². The van der Waals surface area contributed by atoms with Crippen LogP contribution >= 0.6 is 0 Å². The molecular weight excluding hydrogens is 1870 g/mol. The van der Waals surface area contributed by atoms with Gasteiger partial charge in [-0.25, -0.2) is 21.6 Å². The topological polar surface area (TPSA) is 267 Å². The lowest BCUT2D eigenvalue weighted by atomic mass is 10.1. The van der Waals surface area contributed by atoms with Crippen LogP contribution in [0.2, 0.25) is 0 Å². The van der Waals surface area contributed by atoms with E-state index >= 15 is 0 Å². The smallest absolute Gasteiger partial charge is 0.323 e. The Hall–Kier alpha value is -13.1. The number of carbonyl (C=O) groups is 2. The first-order chi connectivity index (χ1) is 68.4. The largest absolute Gasteiger partial charge is 1.00 e. The van der Waals surface area contributed by atoms with Crippen LogP contribution in [0.3, 0.4) is 0 Å². The van der Waals surface area contributed by atoms with Crippen LogP contribution in [0.5, 0.6) is 0 Å². The van der Waals surface area contributed by atoms with Crippen LogP contribution in [-0.2, 0) is 110 Å². The van der Waals surface area contributed by atoms with Gasteiger partial charge in [0.05, 0.1) is 26.7 Å². The number of nitrogens with zero attached hydrogens (tertiary/aromatic N) is 4. The summed E-state index contributed by atoms with van der Waals surface area (Å²) in [6.45, 7) is 41.7. The number of rotatable bonds is 41. The molecule has 11 N–H and O–H groups in total. The second kappa shape index (κ2) is 63.1. The van der Waals surface area contributed by atoms with Crippen LogP contribution in [0.15, 0.2) is 364 Å². The Morgan fingerprint density at radius 3 is 0.611 bits per heavy atom. The van der Waals surface area contributed by atoms with E-state index in [2.05, 4.69) is 352 Å². The van der Waals surface area contributed by atoms with E-state index in [1.807, 2.05) is 117 Å². The molecule has 0 aromatic heterocycles. The standard InChI is InChI=1S/C38H38N4O2.2C29H39N3.C21H23N3.2CH4O3S.2ClH/c1-28-8-18-34(19-9-28)39-37(43)24-30-12-14-32(15-13-30)26-42(25-31-6-4-3-5-7-31)27-33-16-22-36(23-17-33)41-38(44)40-35-20-10-29(2)11-21-35;2*1-5-31(6-2)28-18-14-26(15-19-28)23-30(22-25-12-10-9-11-13-25)24-27-16-20-29(21-17-27)32(7-3)8-4;22-20-10-6-18(7-11-20)15-24(14-17-4-2-1-3-5-17)16-19-8-12-21(23)13-9-19;2*1-5(2,3)4;;/h3-23H,24-27H2,1-2H3,(H,39,43)(H2,40,41,44);2*9-21H,5-8,22-24H2,1-4H3;1-13H,14-16,22-23H2;2*1H3,(H,2,3,4);2*1H. The molecule has 0 heterocycles. The number of nitrogens with one attached hydrogen (secondary N) is 7. The number of hydrogen-bond acceptors (Lipinski definition) is 14. The number of amides is 3. The van der Waals surface area contributed by atoms with E-state index in [9.17, 15) is 9.59 Å². The number of nitrogen functional groups attached to an aromatic ring is 2. The first-order valence-corrected chi connectivity index (χ1v) is 53.1. The van der Waals surface area contributed by atoms with Crippen LogP contribution < -0.4 is 91.4 Å². The molecule has 14 rings (SSSR count). The van der Waals surface area contributed by atoms with Gasteiger partial charge in [-0.05, 0) is 184 Å². The number of halogens is 2. The summed E-state index contributed by atoms with van der Waals surface area (Å²) in [6.07, 6.45) is 1.54. The number of nitrogens with two attached hydrogens (primary N) is 2. The number of aryl methyl sites for hydroxylation is 2. The molecule has 0 saturated heterocycles. The van der Waals surface area contributed by atoms with Crippen molar-refractivity contribution in [1.82, 2.24) is 0 Å².